The monoisotopic (exact) mass is 292 g/mol. The van der Waals surface area contributed by atoms with Crippen LogP contribution in [0.15, 0.2) is 48.8 Å². The van der Waals surface area contributed by atoms with Gasteiger partial charge in [0.25, 0.3) is 0 Å². The topological polar surface area (TPSA) is 35.6 Å². The summed E-state index contributed by atoms with van der Waals surface area (Å²) in [4.78, 5) is 9.17. The molecular weight excluding hydrogens is 279 g/mol. The molecule has 0 bridgehead atoms. The van der Waals surface area contributed by atoms with E-state index in [0.29, 0.717) is 6.04 Å². The maximum absolute atomic E-state index is 13.6. The van der Waals surface area contributed by atoms with Crippen molar-refractivity contribution >= 4 is 22.1 Å². The van der Waals surface area contributed by atoms with E-state index in [4.69, 9.17) is 4.98 Å². The molecule has 0 saturated heterocycles. The molecule has 22 heavy (non-hydrogen) atoms. The molecule has 0 amide bonds. The van der Waals surface area contributed by atoms with E-state index >= 15 is 0 Å². The lowest BCUT2D eigenvalue weighted by atomic mass is 10.3. The van der Waals surface area contributed by atoms with Crippen molar-refractivity contribution in [3.63, 3.8) is 0 Å². The van der Waals surface area contributed by atoms with Gasteiger partial charge in [-0.15, -0.1) is 0 Å². The number of fused-ring (bicyclic) bond motifs is 2. The van der Waals surface area contributed by atoms with Crippen LogP contribution in [0, 0.1) is 5.82 Å². The lowest BCUT2D eigenvalue weighted by molar-refractivity contribution is 0.627. The molecule has 0 N–H and O–H groups in total. The molecule has 0 unspecified atom stereocenters. The highest BCUT2D eigenvalue weighted by Gasteiger charge is 2.29. The van der Waals surface area contributed by atoms with Crippen molar-refractivity contribution in [2.45, 2.75) is 18.9 Å². The summed E-state index contributed by atoms with van der Waals surface area (Å²) in [6, 6.07) is 13.2. The summed E-state index contributed by atoms with van der Waals surface area (Å²) in [5.41, 5.74) is 3.62. The smallest absolute Gasteiger partial charge is 0.216 e. The number of hydrogen-bond acceptors (Lipinski definition) is 2. The molecule has 4 aromatic rings. The summed E-state index contributed by atoms with van der Waals surface area (Å²) in [6.45, 7) is 0. The van der Waals surface area contributed by atoms with Gasteiger partial charge in [0.05, 0.1) is 22.1 Å². The predicted octanol–water partition coefficient (Wildman–Crippen LogP) is 3.85. The Labute approximate surface area is 125 Å². The van der Waals surface area contributed by atoms with Gasteiger partial charge in [0.2, 0.25) is 5.95 Å². The highest BCUT2D eigenvalue weighted by molar-refractivity contribution is 5.81. The molecule has 1 aliphatic carbocycles. The summed E-state index contributed by atoms with van der Waals surface area (Å²) < 4.78 is 17.8. The number of imidazole rings is 2. The summed E-state index contributed by atoms with van der Waals surface area (Å²) in [5, 5.41) is 0. The van der Waals surface area contributed by atoms with Crippen molar-refractivity contribution in [2.24, 2.45) is 0 Å². The lowest BCUT2D eigenvalue weighted by Crippen LogP contribution is -2.04. The van der Waals surface area contributed by atoms with Gasteiger partial charge in [-0.05, 0) is 43.2 Å². The first-order valence-electron chi connectivity index (χ1n) is 7.41. The van der Waals surface area contributed by atoms with Crippen molar-refractivity contribution in [2.75, 3.05) is 0 Å². The minimum absolute atomic E-state index is 0.226. The van der Waals surface area contributed by atoms with Crippen molar-refractivity contribution in [1.29, 1.82) is 0 Å². The molecule has 2 heterocycles. The van der Waals surface area contributed by atoms with Crippen molar-refractivity contribution in [3.05, 3.63) is 54.6 Å². The first kappa shape index (κ1) is 11.9. The van der Waals surface area contributed by atoms with E-state index in [2.05, 4.69) is 9.55 Å². The van der Waals surface area contributed by atoms with Crippen LogP contribution in [0.1, 0.15) is 18.9 Å². The van der Waals surface area contributed by atoms with Crippen LogP contribution in [0.5, 0.6) is 0 Å². The molecule has 5 heteroatoms. The van der Waals surface area contributed by atoms with Crippen LogP contribution >= 0.6 is 0 Å². The molecule has 1 saturated carbocycles. The summed E-state index contributed by atoms with van der Waals surface area (Å²) >= 11 is 0. The molecule has 1 aliphatic rings. The number of rotatable bonds is 2. The molecule has 1 fully saturated rings. The Morgan fingerprint density at radius 1 is 1.00 bits per heavy atom. The van der Waals surface area contributed by atoms with Crippen molar-refractivity contribution in [1.82, 2.24) is 19.1 Å². The Balaban J connectivity index is 1.85. The minimum Gasteiger partial charge on any atom is -0.306 e. The van der Waals surface area contributed by atoms with E-state index in [1.807, 2.05) is 28.8 Å². The molecule has 0 atom stereocenters. The largest absolute Gasteiger partial charge is 0.306 e. The molecule has 4 nitrogen and oxygen atoms in total. The fourth-order valence-corrected chi connectivity index (χ4v) is 3.03. The SMILES string of the molecule is Fc1ccc2nc(-n3cnc4ccccc43)n(C3CC3)c2c1. The van der Waals surface area contributed by atoms with E-state index in [1.165, 1.54) is 6.07 Å². The number of aromatic nitrogens is 4. The molecule has 2 aromatic carbocycles. The fourth-order valence-electron chi connectivity index (χ4n) is 3.03. The van der Waals surface area contributed by atoms with Gasteiger partial charge >= 0.3 is 0 Å². The average Bonchev–Trinajstić information content (AvgIpc) is 3.17. The van der Waals surface area contributed by atoms with Crippen LogP contribution in [0.4, 0.5) is 4.39 Å². The van der Waals surface area contributed by atoms with Crippen LogP contribution in [-0.4, -0.2) is 19.1 Å². The zero-order chi connectivity index (χ0) is 14.7. The highest BCUT2D eigenvalue weighted by Crippen LogP contribution is 2.40. The second-order valence-electron chi connectivity index (χ2n) is 5.75. The van der Waals surface area contributed by atoms with E-state index in [1.54, 1.807) is 18.5 Å². The van der Waals surface area contributed by atoms with Gasteiger partial charge < -0.3 is 4.57 Å². The van der Waals surface area contributed by atoms with Crippen LogP contribution in [0.2, 0.25) is 0 Å². The van der Waals surface area contributed by atoms with Gasteiger partial charge in [-0.25, -0.2) is 14.4 Å². The normalized spacial score (nSPS) is 15.0. The zero-order valence-electron chi connectivity index (χ0n) is 11.8. The van der Waals surface area contributed by atoms with Crippen LogP contribution in [0.25, 0.3) is 28.0 Å². The van der Waals surface area contributed by atoms with E-state index in [9.17, 15) is 4.39 Å². The van der Waals surface area contributed by atoms with Gasteiger partial charge in [-0.3, -0.25) is 4.57 Å². The van der Waals surface area contributed by atoms with Gasteiger partial charge in [0.15, 0.2) is 0 Å². The first-order valence-corrected chi connectivity index (χ1v) is 7.41. The van der Waals surface area contributed by atoms with Gasteiger partial charge in [0.1, 0.15) is 12.1 Å². The second kappa shape index (κ2) is 4.16. The first-order chi connectivity index (χ1) is 10.8. The standard InChI is InChI=1S/C17H13FN4/c18-11-5-8-14-16(9-11)22(12-6-7-12)17(20-14)21-10-19-13-3-1-2-4-15(13)21/h1-5,8-10,12H,6-7H2. The Morgan fingerprint density at radius 2 is 1.86 bits per heavy atom. The highest BCUT2D eigenvalue weighted by atomic mass is 19.1. The maximum Gasteiger partial charge on any atom is 0.216 e. The van der Waals surface area contributed by atoms with Crippen molar-refractivity contribution < 1.29 is 4.39 Å². The molecule has 108 valence electrons. The van der Waals surface area contributed by atoms with Gasteiger partial charge in [0, 0.05) is 6.04 Å². The maximum atomic E-state index is 13.6. The Kier molecular flexibility index (Phi) is 2.25. The summed E-state index contributed by atoms with van der Waals surface area (Å²) in [7, 11) is 0. The van der Waals surface area contributed by atoms with Gasteiger partial charge in [-0.2, -0.15) is 0 Å². The molecule has 0 aliphatic heterocycles. The number of halogens is 1. The third-order valence-electron chi connectivity index (χ3n) is 4.21. The molecule has 2 aromatic heterocycles. The van der Waals surface area contributed by atoms with E-state index in [-0.39, 0.29) is 5.82 Å². The van der Waals surface area contributed by atoms with Crippen LogP contribution in [-0.2, 0) is 0 Å². The molecular formula is C17H13FN4. The molecule has 5 rings (SSSR count). The lowest BCUT2D eigenvalue weighted by Gasteiger charge is -2.08. The molecule has 0 radical (unpaired) electrons. The number of benzene rings is 2. The fraction of sp³-hybridized carbons (Fsp3) is 0.176. The quantitative estimate of drug-likeness (QED) is 0.562. The summed E-state index contributed by atoms with van der Waals surface area (Å²) in [5.74, 6) is 0.591. The predicted molar refractivity (Wildman–Crippen MR) is 82.6 cm³/mol. The van der Waals surface area contributed by atoms with Crippen LogP contribution in [0.3, 0.4) is 0 Å². The van der Waals surface area contributed by atoms with Crippen LogP contribution < -0.4 is 0 Å². The average molecular weight is 292 g/mol. The Bertz CT molecular complexity index is 1010. The van der Waals surface area contributed by atoms with E-state index in [0.717, 1.165) is 40.9 Å². The number of hydrogen-bond donors (Lipinski definition) is 0. The number of nitrogens with zero attached hydrogens (tertiary/aromatic N) is 4. The second-order valence-corrected chi connectivity index (χ2v) is 5.75. The Hall–Kier alpha value is -2.69. The van der Waals surface area contributed by atoms with Crippen molar-refractivity contribution in [3.8, 4) is 5.95 Å². The minimum atomic E-state index is -0.226. The third-order valence-corrected chi connectivity index (χ3v) is 4.21. The summed E-state index contributed by atoms with van der Waals surface area (Å²) in [6.07, 6.45) is 4.02. The van der Waals surface area contributed by atoms with Gasteiger partial charge in [-0.1, -0.05) is 12.1 Å². The zero-order valence-corrected chi connectivity index (χ0v) is 11.8. The Morgan fingerprint density at radius 3 is 2.73 bits per heavy atom. The molecule has 0 spiro atoms. The number of para-hydroxylation sites is 2. The van der Waals surface area contributed by atoms with E-state index < -0.39 is 0 Å². The third kappa shape index (κ3) is 1.62.